The summed E-state index contributed by atoms with van der Waals surface area (Å²) in [5, 5.41) is 0. The van der Waals surface area contributed by atoms with Crippen LogP contribution in [0.25, 0.3) is 0 Å². The maximum absolute atomic E-state index is 13.3. The molecule has 0 radical (unpaired) electrons. The second kappa shape index (κ2) is 6.39. The van der Waals surface area contributed by atoms with Crippen molar-refractivity contribution in [2.45, 2.75) is 38.1 Å². The average Bonchev–Trinajstić information content (AvgIpc) is 2.62. The van der Waals surface area contributed by atoms with Crippen molar-refractivity contribution in [3.8, 4) is 0 Å². The van der Waals surface area contributed by atoms with Gasteiger partial charge in [0.2, 0.25) is 0 Å². The smallest absolute Gasteiger partial charge is 0.138 e. The van der Waals surface area contributed by atoms with Crippen LogP contribution in [0.5, 0.6) is 0 Å². The van der Waals surface area contributed by atoms with Gasteiger partial charge >= 0.3 is 0 Å². The minimum absolute atomic E-state index is 0.0465. The van der Waals surface area contributed by atoms with Gasteiger partial charge < -0.3 is 4.90 Å². The Hall–Kier alpha value is -2.16. The first-order valence-electron chi connectivity index (χ1n) is 8.87. The van der Waals surface area contributed by atoms with Gasteiger partial charge in [0.05, 0.1) is 6.04 Å². The van der Waals surface area contributed by atoms with E-state index < -0.39 is 0 Å². The van der Waals surface area contributed by atoms with Crippen molar-refractivity contribution in [3.63, 3.8) is 0 Å². The summed E-state index contributed by atoms with van der Waals surface area (Å²) in [4.78, 5) is 15.0. The fourth-order valence-corrected chi connectivity index (χ4v) is 4.30. The molecule has 0 saturated heterocycles. The highest BCUT2D eigenvalue weighted by atomic mass is 19.1. The third-order valence-electron chi connectivity index (χ3n) is 5.47. The summed E-state index contributed by atoms with van der Waals surface area (Å²) in [5.74, 6) is 0.210. The first-order chi connectivity index (χ1) is 11.7. The van der Waals surface area contributed by atoms with E-state index in [0.717, 1.165) is 37.9 Å². The number of rotatable bonds is 2. The molecule has 0 unspecified atom stereocenters. The van der Waals surface area contributed by atoms with Crippen LogP contribution in [-0.2, 0) is 11.2 Å². The molecule has 24 heavy (non-hydrogen) atoms. The highest BCUT2D eigenvalue weighted by molar-refractivity contribution is 5.83. The first-order valence-corrected chi connectivity index (χ1v) is 8.87. The Bertz CT molecular complexity index is 740. The molecule has 2 aliphatic rings. The van der Waals surface area contributed by atoms with Crippen LogP contribution in [0.15, 0.2) is 48.5 Å². The van der Waals surface area contributed by atoms with E-state index in [1.165, 1.54) is 23.3 Å². The Balaban J connectivity index is 1.77. The van der Waals surface area contributed by atoms with E-state index in [9.17, 15) is 9.18 Å². The lowest BCUT2D eigenvalue weighted by Crippen LogP contribution is -2.42. The molecule has 3 heteroatoms. The zero-order valence-electron chi connectivity index (χ0n) is 13.7. The van der Waals surface area contributed by atoms with Crippen LogP contribution in [-0.4, -0.2) is 12.3 Å². The zero-order valence-corrected chi connectivity index (χ0v) is 13.7. The van der Waals surface area contributed by atoms with Gasteiger partial charge in [-0.1, -0.05) is 30.7 Å². The van der Waals surface area contributed by atoms with Crippen LogP contribution in [0.4, 0.5) is 10.1 Å². The predicted molar refractivity (Wildman–Crippen MR) is 93.6 cm³/mol. The van der Waals surface area contributed by atoms with Crippen LogP contribution < -0.4 is 4.90 Å². The molecule has 124 valence electrons. The highest BCUT2D eigenvalue weighted by Gasteiger charge is 2.38. The van der Waals surface area contributed by atoms with Crippen molar-refractivity contribution in [1.82, 2.24) is 0 Å². The summed E-state index contributed by atoms with van der Waals surface area (Å²) < 4.78 is 13.3. The molecule has 1 fully saturated rings. The van der Waals surface area contributed by atoms with Crippen LogP contribution in [0, 0.1) is 11.7 Å². The predicted octanol–water partition coefficient (Wildman–Crippen LogP) is 4.69. The van der Waals surface area contributed by atoms with Gasteiger partial charge in [0.15, 0.2) is 0 Å². The van der Waals surface area contributed by atoms with E-state index in [1.807, 2.05) is 12.1 Å². The van der Waals surface area contributed by atoms with Crippen molar-refractivity contribution in [2.24, 2.45) is 5.92 Å². The summed E-state index contributed by atoms with van der Waals surface area (Å²) in [6.07, 6.45) is 4.74. The van der Waals surface area contributed by atoms with Crippen molar-refractivity contribution in [2.75, 3.05) is 11.4 Å². The Labute approximate surface area is 142 Å². The van der Waals surface area contributed by atoms with E-state index in [2.05, 4.69) is 29.2 Å². The Kier molecular flexibility index (Phi) is 4.09. The summed E-state index contributed by atoms with van der Waals surface area (Å²) in [5.41, 5.74) is 3.63. The Morgan fingerprint density at radius 3 is 2.54 bits per heavy atom. The first kappa shape index (κ1) is 15.4. The molecule has 2 nitrogen and oxygen atoms in total. The third kappa shape index (κ3) is 2.72. The molecule has 2 aromatic rings. The van der Waals surface area contributed by atoms with Gasteiger partial charge in [0.25, 0.3) is 0 Å². The second-order valence-corrected chi connectivity index (χ2v) is 6.88. The molecule has 0 spiro atoms. The van der Waals surface area contributed by atoms with Gasteiger partial charge in [-0.2, -0.15) is 0 Å². The number of ketones is 1. The molecular formula is C21H22FNO. The summed E-state index contributed by atoms with van der Waals surface area (Å²) >= 11 is 0. The minimum atomic E-state index is -0.221. The van der Waals surface area contributed by atoms with Crippen molar-refractivity contribution >= 4 is 11.5 Å². The Morgan fingerprint density at radius 2 is 1.75 bits per heavy atom. The minimum Gasteiger partial charge on any atom is -0.363 e. The molecule has 2 aromatic carbocycles. The number of hydrogen-bond donors (Lipinski definition) is 0. The standard InChI is InChI=1S/C21H22FNO/c22-16-9-11-17(12-10-16)23-14-13-15-5-1-2-6-18(15)21(23)19-7-3-4-8-20(19)24/h1-2,5-6,9-12,19,21H,3-4,7-8,13-14H2/t19-,21-/m1/s1. The number of Topliss-reactive ketones (excluding diaryl/α,β-unsaturated/α-hetero) is 1. The van der Waals surface area contributed by atoms with E-state index in [0.29, 0.717) is 12.2 Å². The molecule has 1 heterocycles. The van der Waals surface area contributed by atoms with Crippen molar-refractivity contribution in [1.29, 1.82) is 0 Å². The van der Waals surface area contributed by atoms with Crippen LogP contribution in [0.1, 0.15) is 42.9 Å². The number of fused-ring (bicyclic) bond motifs is 1. The van der Waals surface area contributed by atoms with Gasteiger partial charge in [-0.15, -0.1) is 0 Å². The maximum Gasteiger partial charge on any atom is 0.138 e. The summed E-state index contributed by atoms with van der Waals surface area (Å²) in [7, 11) is 0. The molecule has 0 aromatic heterocycles. The largest absolute Gasteiger partial charge is 0.363 e. The molecule has 0 amide bonds. The van der Waals surface area contributed by atoms with Crippen molar-refractivity contribution in [3.05, 3.63) is 65.5 Å². The fourth-order valence-electron chi connectivity index (χ4n) is 4.30. The lowest BCUT2D eigenvalue weighted by Gasteiger charge is -2.43. The average molecular weight is 323 g/mol. The number of anilines is 1. The summed E-state index contributed by atoms with van der Waals surface area (Å²) in [6.45, 7) is 0.872. The SMILES string of the molecule is O=C1CCCC[C@H]1[C@H]1c2ccccc2CCN1c1ccc(F)cc1. The zero-order chi connectivity index (χ0) is 16.5. The number of nitrogens with zero attached hydrogens (tertiary/aromatic N) is 1. The van der Waals surface area contributed by atoms with Crippen LogP contribution in [0.3, 0.4) is 0 Å². The molecule has 1 aliphatic carbocycles. The molecule has 4 rings (SSSR count). The van der Waals surface area contributed by atoms with E-state index >= 15 is 0 Å². The van der Waals surface area contributed by atoms with Crippen molar-refractivity contribution < 1.29 is 9.18 Å². The molecule has 1 aliphatic heterocycles. The normalized spacial score (nSPS) is 23.9. The number of carbonyl (C=O) groups is 1. The molecule has 0 N–H and O–H groups in total. The van der Waals surface area contributed by atoms with Crippen LogP contribution >= 0.6 is 0 Å². The molecule has 0 bridgehead atoms. The Morgan fingerprint density at radius 1 is 0.958 bits per heavy atom. The number of benzene rings is 2. The van der Waals surface area contributed by atoms with E-state index in [1.54, 1.807) is 0 Å². The van der Waals surface area contributed by atoms with Gasteiger partial charge in [-0.05, 0) is 54.7 Å². The van der Waals surface area contributed by atoms with Gasteiger partial charge in [0, 0.05) is 24.6 Å². The highest BCUT2D eigenvalue weighted by Crippen LogP contribution is 2.42. The summed E-state index contributed by atoms with van der Waals surface area (Å²) in [6, 6.07) is 15.3. The molecule has 2 atom stereocenters. The quantitative estimate of drug-likeness (QED) is 0.799. The lowest BCUT2D eigenvalue weighted by molar-refractivity contribution is -0.125. The monoisotopic (exact) mass is 323 g/mol. The number of carbonyl (C=O) groups excluding carboxylic acids is 1. The van der Waals surface area contributed by atoms with Gasteiger partial charge in [0.1, 0.15) is 11.6 Å². The van der Waals surface area contributed by atoms with Gasteiger partial charge in [-0.3, -0.25) is 4.79 Å². The van der Waals surface area contributed by atoms with E-state index in [4.69, 9.17) is 0 Å². The second-order valence-electron chi connectivity index (χ2n) is 6.88. The van der Waals surface area contributed by atoms with Crippen LogP contribution in [0.2, 0.25) is 0 Å². The lowest BCUT2D eigenvalue weighted by atomic mass is 9.76. The fraction of sp³-hybridized carbons (Fsp3) is 0.381. The number of halogens is 1. The van der Waals surface area contributed by atoms with Gasteiger partial charge in [-0.25, -0.2) is 4.39 Å². The third-order valence-corrected chi connectivity index (χ3v) is 5.47. The topological polar surface area (TPSA) is 20.3 Å². The number of hydrogen-bond acceptors (Lipinski definition) is 2. The maximum atomic E-state index is 13.3. The molecular weight excluding hydrogens is 301 g/mol. The van der Waals surface area contributed by atoms with E-state index in [-0.39, 0.29) is 17.8 Å². The molecule has 1 saturated carbocycles.